The number of aromatic hydroxyl groups is 1. The van der Waals surface area contributed by atoms with Crippen LogP contribution in [0.4, 0.5) is 0 Å². The van der Waals surface area contributed by atoms with Crippen LogP contribution in [-0.4, -0.2) is 42.8 Å². The molecular formula is C23H23NO7S2. The number of phenols is 1. The summed E-state index contributed by atoms with van der Waals surface area (Å²) in [5.74, 6) is -3.02. The smallest absolute Gasteiger partial charge is 0.323 e. The fourth-order valence-electron chi connectivity index (χ4n) is 3.37. The fourth-order valence-corrected chi connectivity index (χ4v) is 7.65. The van der Waals surface area contributed by atoms with E-state index in [4.69, 9.17) is 0 Å². The molecule has 174 valence electrons. The summed E-state index contributed by atoms with van der Waals surface area (Å²) in [6, 6.07) is 19.5. The van der Waals surface area contributed by atoms with Crippen molar-refractivity contribution >= 4 is 26.0 Å². The lowest BCUT2D eigenvalue weighted by atomic mass is 10.1. The molecule has 0 aliphatic heterocycles. The standard InChI is InChI=1S/C23H23NO7S2/c25-21-13-11-18(12-14-21)15-22(23(26)27)24(32(28,29)16-19-7-3-1-4-8-19)33(30,31)17-20-9-5-2-6-10-20/h1-14,22,25H,15-17H2,(H,26,27)/t22-/m1/s1. The van der Waals surface area contributed by atoms with Crippen molar-refractivity contribution in [2.75, 3.05) is 0 Å². The molecule has 33 heavy (non-hydrogen) atoms. The highest BCUT2D eigenvalue weighted by Gasteiger charge is 2.43. The molecule has 0 aliphatic carbocycles. The normalized spacial score (nSPS) is 13.0. The number of hydrogen-bond donors (Lipinski definition) is 2. The summed E-state index contributed by atoms with van der Waals surface area (Å²) in [5, 5.41) is 19.4. The van der Waals surface area contributed by atoms with E-state index in [1.807, 2.05) is 0 Å². The van der Waals surface area contributed by atoms with E-state index in [-0.39, 0.29) is 9.46 Å². The van der Waals surface area contributed by atoms with Crippen molar-refractivity contribution in [1.29, 1.82) is 0 Å². The van der Waals surface area contributed by atoms with Crippen molar-refractivity contribution in [3.8, 4) is 5.75 Å². The molecule has 0 bridgehead atoms. The van der Waals surface area contributed by atoms with E-state index in [0.29, 0.717) is 16.7 Å². The second kappa shape index (κ2) is 10.2. The van der Waals surface area contributed by atoms with Gasteiger partial charge in [-0.25, -0.2) is 16.8 Å². The molecule has 0 saturated heterocycles. The number of benzene rings is 3. The third kappa shape index (κ3) is 6.41. The van der Waals surface area contributed by atoms with Gasteiger partial charge in [0.2, 0.25) is 20.0 Å². The fraction of sp³-hybridized carbons (Fsp3) is 0.174. The van der Waals surface area contributed by atoms with E-state index in [9.17, 15) is 31.8 Å². The molecule has 0 fully saturated rings. The first-order valence-electron chi connectivity index (χ1n) is 9.92. The predicted molar refractivity (Wildman–Crippen MR) is 123 cm³/mol. The lowest BCUT2D eigenvalue weighted by Crippen LogP contribution is -2.50. The minimum atomic E-state index is -4.61. The Hall–Kier alpha value is -3.21. The van der Waals surface area contributed by atoms with Crippen molar-refractivity contribution in [1.82, 2.24) is 3.71 Å². The van der Waals surface area contributed by atoms with E-state index in [1.54, 1.807) is 36.4 Å². The minimum absolute atomic E-state index is 0.0594. The maximum absolute atomic E-state index is 13.4. The average Bonchev–Trinajstić information content (AvgIpc) is 2.75. The maximum Gasteiger partial charge on any atom is 0.323 e. The van der Waals surface area contributed by atoms with Crippen LogP contribution in [0.3, 0.4) is 0 Å². The first-order valence-corrected chi connectivity index (χ1v) is 13.1. The Morgan fingerprint density at radius 3 is 1.52 bits per heavy atom. The van der Waals surface area contributed by atoms with Gasteiger partial charge in [0.15, 0.2) is 0 Å². The van der Waals surface area contributed by atoms with E-state index in [0.717, 1.165) is 0 Å². The summed E-state index contributed by atoms with van der Waals surface area (Å²) < 4.78 is 53.6. The van der Waals surface area contributed by atoms with Gasteiger partial charge >= 0.3 is 5.97 Å². The van der Waals surface area contributed by atoms with Gasteiger partial charge in [-0.15, -0.1) is 0 Å². The monoisotopic (exact) mass is 489 g/mol. The van der Waals surface area contributed by atoms with Crippen LogP contribution in [-0.2, 0) is 42.8 Å². The molecule has 0 aliphatic rings. The lowest BCUT2D eigenvalue weighted by Gasteiger charge is -2.28. The molecule has 3 aromatic rings. The Kier molecular flexibility index (Phi) is 7.52. The maximum atomic E-state index is 13.4. The number of sulfonamides is 2. The minimum Gasteiger partial charge on any atom is -0.508 e. The van der Waals surface area contributed by atoms with Gasteiger partial charge in [-0.1, -0.05) is 76.5 Å². The number of carboxylic acid groups (broad SMARTS) is 1. The van der Waals surface area contributed by atoms with Gasteiger partial charge in [-0.05, 0) is 28.8 Å². The molecule has 0 amide bonds. The van der Waals surface area contributed by atoms with Crippen molar-refractivity contribution in [2.45, 2.75) is 24.0 Å². The van der Waals surface area contributed by atoms with Gasteiger partial charge in [0.1, 0.15) is 11.8 Å². The van der Waals surface area contributed by atoms with Gasteiger partial charge in [0, 0.05) is 6.42 Å². The Balaban J connectivity index is 2.07. The van der Waals surface area contributed by atoms with E-state index >= 15 is 0 Å². The van der Waals surface area contributed by atoms with Crippen LogP contribution in [0, 0.1) is 0 Å². The third-order valence-electron chi connectivity index (χ3n) is 4.84. The Morgan fingerprint density at radius 2 is 1.12 bits per heavy atom. The number of carbonyl (C=O) groups is 1. The van der Waals surface area contributed by atoms with Crippen molar-refractivity contribution in [3.05, 3.63) is 102 Å². The molecule has 0 unspecified atom stereocenters. The second-order valence-electron chi connectivity index (χ2n) is 7.43. The topological polar surface area (TPSA) is 129 Å². The number of phenolic OH excluding ortho intramolecular Hbond substituents is 1. The molecule has 0 radical (unpaired) electrons. The lowest BCUT2D eigenvalue weighted by molar-refractivity contribution is -0.140. The van der Waals surface area contributed by atoms with Gasteiger partial charge in [-0.3, -0.25) is 4.79 Å². The first kappa shape index (κ1) is 24.4. The van der Waals surface area contributed by atoms with Crippen molar-refractivity contribution < 1.29 is 31.8 Å². The predicted octanol–water partition coefficient (Wildman–Crippen LogP) is 2.75. The van der Waals surface area contributed by atoms with Crippen LogP contribution in [0.2, 0.25) is 0 Å². The molecule has 3 rings (SSSR count). The molecular weight excluding hydrogens is 466 g/mol. The quantitative estimate of drug-likeness (QED) is 0.448. The van der Waals surface area contributed by atoms with Crippen LogP contribution in [0.5, 0.6) is 5.75 Å². The molecule has 10 heteroatoms. The summed E-state index contributed by atoms with van der Waals surface area (Å²) in [4.78, 5) is 12.2. The molecule has 1 atom stereocenters. The van der Waals surface area contributed by atoms with Crippen molar-refractivity contribution in [2.24, 2.45) is 0 Å². The molecule has 0 saturated carbocycles. The van der Waals surface area contributed by atoms with Crippen LogP contribution in [0.15, 0.2) is 84.9 Å². The van der Waals surface area contributed by atoms with Crippen molar-refractivity contribution in [3.63, 3.8) is 0 Å². The Bertz CT molecular complexity index is 1220. The summed E-state index contributed by atoms with van der Waals surface area (Å²) in [6.45, 7) is 0. The van der Waals surface area contributed by atoms with Gasteiger partial charge in [0.25, 0.3) is 0 Å². The van der Waals surface area contributed by atoms with Gasteiger partial charge in [0.05, 0.1) is 11.5 Å². The highest BCUT2D eigenvalue weighted by atomic mass is 32.3. The van der Waals surface area contributed by atoms with E-state index in [1.165, 1.54) is 48.5 Å². The van der Waals surface area contributed by atoms with Gasteiger partial charge < -0.3 is 10.2 Å². The zero-order valence-corrected chi connectivity index (χ0v) is 19.1. The number of carboxylic acids is 1. The SMILES string of the molecule is O=C(O)[C@@H](Cc1ccc(O)cc1)N(S(=O)(=O)Cc1ccccc1)S(=O)(=O)Cc1ccccc1. The zero-order chi connectivity index (χ0) is 24.1. The number of rotatable bonds is 10. The third-order valence-corrected chi connectivity index (χ3v) is 9.20. The second-order valence-corrected chi connectivity index (χ2v) is 11.4. The van der Waals surface area contributed by atoms with E-state index in [2.05, 4.69) is 0 Å². The Labute approximate surface area is 192 Å². The van der Waals surface area contributed by atoms with Crippen LogP contribution < -0.4 is 0 Å². The van der Waals surface area contributed by atoms with Crippen LogP contribution >= 0.6 is 0 Å². The Morgan fingerprint density at radius 1 is 0.697 bits per heavy atom. The highest BCUT2D eigenvalue weighted by molar-refractivity contribution is 8.03. The molecule has 0 aromatic heterocycles. The average molecular weight is 490 g/mol. The molecule has 8 nitrogen and oxygen atoms in total. The van der Waals surface area contributed by atoms with E-state index < -0.39 is 50.0 Å². The largest absolute Gasteiger partial charge is 0.508 e. The van der Waals surface area contributed by atoms with Crippen LogP contribution in [0.1, 0.15) is 16.7 Å². The highest BCUT2D eigenvalue weighted by Crippen LogP contribution is 2.25. The summed E-state index contributed by atoms with van der Waals surface area (Å²) >= 11 is 0. The number of nitrogens with zero attached hydrogens (tertiary/aromatic N) is 1. The first-order chi connectivity index (χ1) is 15.6. The summed E-state index contributed by atoms with van der Waals surface area (Å²) in [6.07, 6.45) is -0.405. The summed E-state index contributed by atoms with van der Waals surface area (Å²) in [7, 11) is -9.22. The van der Waals surface area contributed by atoms with Gasteiger partial charge in [-0.2, -0.15) is 0 Å². The molecule has 3 aromatic carbocycles. The molecule has 0 spiro atoms. The number of hydrogen-bond acceptors (Lipinski definition) is 6. The molecule has 0 heterocycles. The number of aliphatic carboxylic acids is 1. The molecule has 2 N–H and O–H groups in total. The zero-order valence-electron chi connectivity index (χ0n) is 17.5. The van der Waals surface area contributed by atoms with Crippen LogP contribution in [0.25, 0.3) is 0 Å². The summed E-state index contributed by atoms with van der Waals surface area (Å²) in [5.41, 5.74) is 1.01.